The Morgan fingerprint density at radius 1 is 1.10 bits per heavy atom. The quantitative estimate of drug-likeness (QED) is 0.456. The van der Waals surface area contributed by atoms with Gasteiger partial charge in [0.1, 0.15) is 11.6 Å². The minimum Gasteiger partial charge on any atom is -0.448 e. The van der Waals surface area contributed by atoms with Gasteiger partial charge in [-0.3, -0.25) is 9.36 Å². The van der Waals surface area contributed by atoms with Crippen LogP contribution in [0.3, 0.4) is 0 Å². The van der Waals surface area contributed by atoms with Crippen LogP contribution in [0.15, 0.2) is 59.9 Å². The molecular weight excluding hydrogens is 412 g/mol. The Kier molecular flexibility index (Phi) is 6.83. The Labute approximate surface area is 176 Å². The van der Waals surface area contributed by atoms with Gasteiger partial charge in [0.2, 0.25) is 0 Å². The molecule has 1 aromatic heterocycles. The van der Waals surface area contributed by atoms with E-state index in [9.17, 15) is 18.4 Å². The van der Waals surface area contributed by atoms with Crippen molar-refractivity contribution >= 4 is 23.6 Å². The fraction of sp³-hybridized carbons (Fsp3) is 0.190. The van der Waals surface area contributed by atoms with Gasteiger partial charge >= 0.3 is 5.97 Å². The third-order valence-electron chi connectivity index (χ3n) is 4.24. The molecule has 0 fully saturated rings. The molecule has 1 atom stereocenters. The first-order chi connectivity index (χ1) is 14.4. The number of nitrogens with zero attached hydrogens (tertiary/aromatic N) is 2. The topological polar surface area (TPSA) is 73.2 Å². The van der Waals surface area contributed by atoms with Gasteiger partial charge in [-0.05, 0) is 55.1 Å². The van der Waals surface area contributed by atoms with Crippen LogP contribution in [0.5, 0.6) is 0 Å². The predicted molar refractivity (Wildman–Crippen MR) is 108 cm³/mol. The molecule has 0 bridgehead atoms. The van der Waals surface area contributed by atoms with Gasteiger partial charge < -0.3 is 10.1 Å². The van der Waals surface area contributed by atoms with Crippen LogP contribution in [-0.4, -0.2) is 33.8 Å². The number of benzene rings is 2. The van der Waals surface area contributed by atoms with E-state index in [1.807, 2.05) is 0 Å². The van der Waals surface area contributed by atoms with Gasteiger partial charge in [-0.15, -0.1) is 0 Å². The molecule has 1 amide bonds. The Morgan fingerprint density at radius 2 is 1.70 bits per heavy atom. The smallest absolute Gasteiger partial charge is 0.357 e. The summed E-state index contributed by atoms with van der Waals surface area (Å²) in [6.45, 7) is 1.62. The van der Waals surface area contributed by atoms with Crippen molar-refractivity contribution in [2.45, 2.75) is 24.7 Å². The number of carbonyl (C=O) groups is 2. The summed E-state index contributed by atoms with van der Waals surface area (Å²) in [6, 6.07) is 11.3. The molecule has 0 unspecified atom stereocenters. The van der Waals surface area contributed by atoms with Crippen LogP contribution in [0, 0.1) is 11.6 Å². The molecule has 0 saturated carbocycles. The highest BCUT2D eigenvalue weighted by Gasteiger charge is 2.23. The number of imidazole rings is 1. The number of amides is 1. The van der Waals surface area contributed by atoms with Crippen LogP contribution in [0.1, 0.15) is 23.0 Å². The Morgan fingerprint density at radius 3 is 2.30 bits per heavy atom. The standard InChI is InChI=1S/C21H19F2N3O3S/c1-13(19(27)24-11-14-3-5-15(22)6-4-14)29-20(28)18-12-25-21(30-2)26(18)17-9-7-16(23)8-10-17/h3-10,12-13H,11H2,1-2H3,(H,24,27)/t13-/m0/s1. The number of rotatable bonds is 7. The summed E-state index contributed by atoms with van der Waals surface area (Å²) < 4.78 is 33.0. The Balaban J connectivity index is 1.69. The Bertz CT molecular complexity index is 1040. The maximum Gasteiger partial charge on any atom is 0.357 e. The van der Waals surface area contributed by atoms with E-state index in [4.69, 9.17) is 4.74 Å². The van der Waals surface area contributed by atoms with E-state index in [0.29, 0.717) is 16.4 Å². The van der Waals surface area contributed by atoms with Crippen molar-refractivity contribution in [3.8, 4) is 5.69 Å². The minimum absolute atomic E-state index is 0.115. The zero-order chi connectivity index (χ0) is 21.7. The molecule has 6 nitrogen and oxygen atoms in total. The second-order valence-corrected chi connectivity index (χ2v) is 7.11. The zero-order valence-corrected chi connectivity index (χ0v) is 17.1. The van der Waals surface area contributed by atoms with Gasteiger partial charge in [0.05, 0.1) is 6.20 Å². The highest BCUT2D eigenvalue weighted by atomic mass is 32.2. The molecule has 0 aliphatic rings. The van der Waals surface area contributed by atoms with Gasteiger partial charge in [-0.25, -0.2) is 18.6 Å². The average Bonchev–Trinajstić information content (AvgIpc) is 3.18. The number of nitrogens with one attached hydrogen (secondary N) is 1. The molecule has 9 heteroatoms. The molecule has 156 valence electrons. The molecular formula is C21H19F2N3O3S. The normalized spacial score (nSPS) is 11.7. The molecule has 30 heavy (non-hydrogen) atoms. The number of thioether (sulfide) groups is 1. The van der Waals surface area contributed by atoms with Crippen LogP contribution in [0.25, 0.3) is 5.69 Å². The van der Waals surface area contributed by atoms with Crippen LogP contribution in [0.4, 0.5) is 8.78 Å². The molecule has 0 radical (unpaired) electrons. The number of ether oxygens (including phenoxy) is 1. The number of esters is 1. The van der Waals surface area contributed by atoms with E-state index >= 15 is 0 Å². The van der Waals surface area contributed by atoms with Crippen LogP contribution in [0.2, 0.25) is 0 Å². The van der Waals surface area contributed by atoms with E-state index in [2.05, 4.69) is 10.3 Å². The van der Waals surface area contributed by atoms with Crippen molar-refractivity contribution in [3.05, 3.63) is 77.6 Å². The first kappa shape index (κ1) is 21.5. The summed E-state index contributed by atoms with van der Waals surface area (Å²) in [5.74, 6) is -2.00. The van der Waals surface area contributed by atoms with E-state index in [1.54, 1.807) is 18.4 Å². The van der Waals surface area contributed by atoms with Crippen LogP contribution in [-0.2, 0) is 16.1 Å². The van der Waals surface area contributed by atoms with Crippen molar-refractivity contribution in [2.75, 3.05) is 6.26 Å². The molecule has 0 aliphatic heterocycles. The fourth-order valence-electron chi connectivity index (χ4n) is 2.67. The lowest BCUT2D eigenvalue weighted by Crippen LogP contribution is -2.35. The molecule has 1 N–H and O–H groups in total. The third kappa shape index (κ3) is 5.04. The van der Waals surface area contributed by atoms with Gasteiger partial charge in [0, 0.05) is 12.2 Å². The van der Waals surface area contributed by atoms with Gasteiger partial charge in [-0.2, -0.15) is 0 Å². The van der Waals surface area contributed by atoms with E-state index in [-0.39, 0.29) is 18.1 Å². The molecule has 0 aliphatic carbocycles. The number of halogens is 2. The fourth-order valence-corrected chi connectivity index (χ4v) is 3.22. The number of aromatic nitrogens is 2. The van der Waals surface area contributed by atoms with Crippen molar-refractivity contribution in [1.82, 2.24) is 14.9 Å². The minimum atomic E-state index is -1.06. The summed E-state index contributed by atoms with van der Waals surface area (Å²) >= 11 is 1.31. The first-order valence-corrected chi connectivity index (χ1v) is 10.2. The monoisotopic (exact) mass is 431 g/mol. The molecule has 0 saturated heterocycles. The summed E-state index contributed by atoms with van der Waals surface area (Å²) in [7, 11) is 0. The van der Waals surface area contributed by atoms with Crippen molar-refractivity contribution in [3.63, 3.8) is 0 Å². The zero-order valence-electron chi connectivity index (χ0n) is 16.3. The lowest BCUT2D eigenvalue weighted by atomic mass is 10.2. The highest BCUT2D eigenvalue weighted by Crippen LogP contribution is 2.23. The molecule has 0 spiro atoms. The summed E-state index contributed by atoms with van der Waals surface area (Å²) in [6.07, 6.45) is 2.08. The molecule has 1 heterocycles. The number of hydrogen-bond donors (Lipinski definition) is 1. The second kappa shape index (κ2) is 9.53. The summed E-state index contributed by atoms with van der Waals surface area (Å²) in [4.78, 5) is 29.1. The third-order valence-corrected chi connectivity index (χ3v) is 4.89. The SMILES string of the molecule is CSc1ncc(C(=O)O[C@@H](C)C(=O)NCc2ccc(F)cc2)n1-c1ccc(F)cc1. The number of hydrogen-bond acceptors (Lipinski definition) is 5. The molecule has 2 aromatic carbocycles. The lowest BCUT2D eigenvalue weighted by Gasteiger charge is -2.15. The van der Waals surface area contributed by atoms with Crippen LogP contribution < -0.4 is 5.32 Å². The maximum absolute atomic E-state index is 13.3. The summed E-state index contributed by atoms with van der Waals surface area (Å²) in [5.41, 5.74) is 1.37. The second-order valence-electron chi connectivity index (χ2n) is 6.33. The van der Waals surface area contributed by atoms with Crippen molar-refractivity contribution < 1.29 is 23.1 Å². The van der Waals surface area contributed by atoms with E-state index in [1.165, 1.54) is 65.8 Å². The predicted octanol–water partition coefficient (Wildman–Crippen LogP) is 3.73. The van der Waals surface area contributed by atoms with Crippen molar-refractivity contribution in [2.24, 2.45) is 0 Å². The Hall–Kier alpha value is -3.20. The van der Waals surface area contributed by atoms with Gasteiger partial charge in [0.25, 0.3) is 5.91 Å². The van der Waals surface area contributed by atoms with E-state index < -0.39 is 23.8 Å². The van der Waals surface area contributed by atoms with E-state index in [0.717, 1.165) is 0 Å². The van der Waals surface area contributed by atoms with Crippen LogP contribution >= 0.6 is 11.8 Å². The first-order valence-electron chi connectivity index (χ1n) is 9.00. The number of carbonyl (C=O) groups excluding carboxylic acids is 2. The maximum atomic E-state index is 13.3. The lowest BCUT2D eigenvalue weighted by molar-refractivity contribution is -0.129. The molecule has 3 rings (SSSR count). The van der Waals surface area contributed by atoms with Gasteiger partial charge in [-0.1, -0.05) is 23.9 Å². The van der Waals surface area contributed by atoms with Crippen molar-refractivity contribution in [1.29, 1.82) is 0 Å². The van der Waals surface area contributed by atoms with Gasteiger partial charge in [0.15, 0.2) is 17.0 Å². The average molecular weight is 431 g/mol. The highest BCUT2D eigenvalue weighted by molar-refractivity contribution is 7.98. The molecule has 3 aromatic rings. The summed E-state index contributed by atoms with van der Waals surface area (Å²) in [5, 5.41) is 3.15. The largest absolute Gasteiger partial charge is 0.448 e.